The summed E-state index contributed by atoms with van der Waals surface area (Å²) in [4.78, 5) is 0. The highest BCUT2D eigenvalue weighted by Gasteiger charge is 2.59. The number of fused-ring (bicyclic) bond motifs is 5. The average Bonchev–Trinajstić information content (AvgIpc) is 3.06. The van der Waals surface area contributed by atoms with Gasteiger partial charge in [0.25, 0.3) is 0 Å². The zero-order valence-corrected chi connectivity index (χ0v) is 21.1. The van der Waals surface area contributed by atoms with Gasteiger partial charge in [-0.15, -0.1) is 0 Å². The van der Waals surface area contributed by atoms with Crippen LogP contribution in [0, 0.1) is 58.2 Å². The van der Waals surface area contributed by atoms with Crippen molar-refractivity contribution in [1.29, 1.82) is 0 Å². The largest absolute Gasteiger partial charge is 0.393 e. The van der Waals surface area contributed by atoms with Crippen LogP contribution in [0.1, 0.15) is 106 Å². The molecule has 0 aromatic heterocycles. The summed E-state index contributed by atoms with van der Waals surface area (Å²) in [6.07, 6.45) is 14.7. The zero-order chi connectivity index (χ0) is 21.8. The molecule has 0 heterocycles. The van der Waals surface area contributed by atoms with E-state index in [2.05, 4.69) is 54.5 Å². The summed E-state index contributed by atoms with van der Waals surface area (Å²) in [5, 5.41) is 10.5. The Morgan fingerprint density at radius 2 is 1.60 bits per heavy atom. The molecule has 4 aliphatic carbocycles. The SMILES string of the molecule is CC(C)C(C)CC[C@@H](C)[C@H]1CCC2C3=CC[C@H]4[C@H](C)[C@@H](O)CC[C@]4(C)C3CC[C@@]21C. The molecule has 0 aromatic carbocycles. The minimum atomic E-state index is -0.0724. The van der Waals surface area contributed by atoms with E-state index < -0.39 is 0 Å². The van der Waals surface area contributed by atoms with E-state index >= 15 is 0 Å². The Morgan fingerprint density at radius 1 is 0.933 bits per heavy atom. The number of aliphatic hydroxyl groups excluding tert-OH is 1. The molecule has 172 valence electrons. The van der Waals surface area contributed by atoms with E-state index in [1.54, 1.807) is 0 Å². The maximum absolute atomic E-state index is 10.5. The molecule has 0 spiro atoms. The predicted molar refractivity (Wildman–Crippen MR) is 128 cm³/mol. The Bertz CT molecular complexity index is 649. The Kier molecular flexibility index (Phi) is 6.28. The normalized spacial score (nSPS) is 47.8. The first kappa shape index (κ1) is 22.9. The average molecular weight is 415 g/mol. The van der Waals surface area contributed by atoms with Crippen molar-refractivity contribution >= 4 is 0 Å². The highest BCUT2D eigenvalue weighted by Crippen LogP contribution is 2.67. The Balaban J connectivity index is 1.51. The molecule has 3 saturated carbocycles. The molecule has 4 rings (SSSR count). The molecule has 4 aliphatic rings. The summed E-state index contributed by atoms with van der Waals surface area (Å²) in [6.45, 7) is 17.4. The highest BCUT2D eigenvalue weighted by molar-refractivity contribution is 5.28. The zero-order valence-electron chi connectivity index (χ0n) is 21.1. The molecular weight excluding hydrogens is 364 g/mol. The van der Waals surface area contributed by atoms with E-state index in [1.807, 2.05) is 5.57 Å². The first-order valence-electron chi connectivity index (χ1n) is 13.5. The van der Waals surface area contributed by atoms with E-state index in [0.29, 0.717) is 22.7 Å². The fourth-order valence-electron chi connectivity index (χ4n) is 8.98. The highest BCUT2D eigenvalue weighted by atomic mass is 16.3. The van der Waals surface area contributed by atoms with Crippen molar-refractivity contribution in [3.8, 4) is 0 Å². The summed E-state index contributed by atoms with van der Waals surface area (Å²) in [5.41, 5.74) is 2.84. The number of rotatable bonds is 5. The molecule has 0 amide bonds. The van der Waals surface area contributed by atoms with Crippen molar-refractivity contribution in [3.05, 3.63) is 11.6 Å². The molecule has 1 heteroatoms. The summed E-state index contributed by atoms with van der Waals surface area (Å²) >= 11 is 0. The first-order valence-corrected chi connectivity index (χ1v) is 13.5. The van der Waals surface area contributed by atoms with Gasteiger partial charge in [-0.1, -0.05) is 73.0 Å². The molecular formula is C29H50O. The lowest BCUT2D eigenvalue weighted by Gasteiger charge is -2.59. The second-order valence-electron chi connectivity index (χ2n) is 13.1. The molecule has 1 N–H and O–H groups in total. The van der Waals surface area contributed by atoms with Crippen LogP contribution in [0.5, 0.6) is 0 Å². The van der Waals surface area contributed by atoms with Crippen LogP contribution < -0.4 is 0 Å². The first-order chi connectivity index (χ1) is 14.1. The second kappa shape index (κ2) is 8.24. The molecule has 0 radical (unpaired) electrons. The van der Waals surface area contributed by atoms with Crippen molar-refractivity contribution in [1.82, 2.24) is 0 Å². The Hall–Kier alpha value is -0.300. The van der Waals surface area contributed by atoms with E-state index in [4.69, 9.17) is 0 Å². The van der Waals surface area contributed by atoms with Crippen LogP contribution in [-0.4, -0.2) is 11.2 Å². The van der Waals surface area contributed by atoms with Gasteiger partial charge in [0.05, 0.1) is 6.10 Å². The Morgan fingerprint density at radius 3 is 2.30 bits per heavy atom. The number of hydrogen-bond acceptors (Lipinski definition) is 1. The summed E-state index contributed by atoms with van der Waals surface area (Å²) in [5.74, 6) is 6.25. The van der Waals surface area contributed by atoms with E-state index in [-0.39, 0.29) is 6.10 Å². The maximum Gasteiger partial charge on any atom is 0.0568 e. The Labute approximate surface area is 187 Å². The summed E-state index contributed by atoms with van der Waals surface area (Å²) in [7, 11) is 0. The van der Waals surface area contributed by atoms with Crippen molar-refractivity contribution < 1.29 is 5.11 Å². The predicted octanol–water partition coefficient (Wildman–Crippen LogP) is 7.88. The van der Waals surface area contributed by atoms with Gasteiger partial charge in [0.15, 0.2) is 0 Å². The molecule has 1 nitrogen and oxygen atoms in total. The molecule has 0 aliphatic heterocycles. The lowest BCUT2D eigenvalue weighted by molar-refractivity contribution is -0.0774. The topological polar surface area (TPSA) is 20.2 Å². The van der Waals surface area contributed by atoms with Crippen molar-refractivity contribution in [2.24, 2.45) is 58.2 Å². The third-order valence-electron chi connectivity index (χ3n) is 11.6. The number of hydrogen-bond donors (Lipinski definition) is 1. The lowest BCUT2D eigenvalue weighted by Crippen LogP contribution is -2.52. The second-order valence-corrected chi connectivity index (χ2v) is 13.1. The van der Waals surface area contributed by atoms with Gasteiger partial charge < -0.3 is 5.11 Å². The fraction of sp³-hybridized carbons (Fsp3) is 0.931. The van der Waals surface area contributed by atoms with Crippen LogP contribution in [0.4, 0.5) is 0 Å². The standard InChI is InChI=1S/C29H50O/c1-18(2)19(3)8-9-20(4)23-12-13-25-22-10-11-24-21(5)27(30)15-17-29(24,7)26(22)14-16-28(23,25)6/h10,18-21,23-27,30H,8-9,11-17H2,1-7H3/t19?,20-,21+,23-,24+,25?,26?,27+,28-,29+/m1/s1. The van der Waals surface area contributed by atoms with Gasteiger partial charge in [0.1, 0.15) is 0 Å². The molecule has 3 unspecified atom stereocenters. The van der Waals surface area contributed by atoms with Gasteiger partial charge in [-0.05, 0) is 103 Å². The van der Waals surface area contributed by atoms with Gasteiger partial charge in [0, 0.05) is 0 Å². The number of allylic oxidation sites excluding steroid dienone is 2. The van der Waals surface area contributed by atoms with Gasteiger partial charge in [-0.3, -0.25) is 0 Å². The van der Waals surface area contributed by atoms with Gasteiger partial charge in [-0.25, -0.2) is 0 Å². The quantitative estimate of drug-likeness (QED) is 0.454. The monoisotopic (exact) mass is 414 g/mol. The van der Waals surface area contributed by atoms with Gasteiger partial charge in [0.2, 0.25) is 0 Å². The van der Waals surface area contributed by atoms with E-state index in [9.17, 15) is 5.11 Å². The van der Waals surface area contributed by atoms with E-state index in [0.717, 1.165) is 41.9 Å². The van der Waals surface area contributed by atoms with Crippen LogP contribution in [0.25, 0.3) is 0 Å². The van der Waals surface area contributed by atoms with Crippen LogP contribution in [0.2, 0.25) is 0 Å². The summed E-state index contributed by atoms with van der Waals surface area (Å²) in [6, 6.07) is 0. The molecule has 0 saturated heterocycles. The molecule has 30 heavy (non-hydrogen) atoms. The van der Waals surface area contributed by atoms with Crippen molar-refractivity contribution in [3.63, 3.8) is 0 Å². The molecule has 3 fully saturated rings. The van der Waals surface area contributed by atoms with Crippen molar-refractivity contribution in [2.45, 2.75) is 112 Å². The third-order valence-corrected chi connectivity index (χ3v) is 11.6. The molecule has 0 bridgehead atoms. The van der Waals surface area contributed by atoms with Crippen LogP contribution >= 0.6 is 0 Å². The van der Waals surface area contributed by atoms with Crippen molar-refractivity contribution in [2.75, 3.05) is 0 Å². The van der Waals surface area contributed by atoms with Crippen LogP contribution in [-0.2, 0) is 0 Å². The van der Waals surface area contributed by atoms with E-state index in [1.165, 1.54) is 51.4 Å². The van der Waals surface area contributed by atoms with Gasteiger partial charge >= 0.3 is 0 Å². The minimum absolute atomic E-state index is 0.0724. The molecule has 0 aromatic rings. The maximum atomic E-state index is 10.5. The van der Waals surface area contributed by atoms with Gasteiger partial charge in [-0.2, -0.15) is 0 Å². The lowest BCUT2D eigenvalue weighted by atomic mass is 9.46. The van der Waals surface area contributed by atoms with Crippen LogP contribution in [0.3, 0.4) is 0 Å². The van der Waals surface area contributed by atoms with Crippen LogP contribution in [0.15, 0.2) is 11.6 Å². The third kappa shape index (κ3) is 3.54. The molecule has 10 atom stereocenters. The smallest absolute Gasteiger partial charge is 0.0568 e. The minimum Gasteiger partial charge on any atom is -0.393 e. The number of aliphatic hydroxyl groups is 1. The fourth-order valence-corrected chi connectivity index (χ4v) is 8.98. The summed E-state index contributed by atoms with van der Waals surface area (Å²) < 4.78 is 0.